The fraction of sp³-hybridized carbons (Fsp3) is 0.222. The maximum absolute atomic E-state index is 13.0. The molecule has 1 aromatic heterocycles. The second-order valence-electron chi connectivity index (χ2n) is 6.05. The molecular weight excluding hydrogens is 358 g/mol. The molecule has 0 atom stereocenters. The minimum absolute atomic E-state index is 0.250. The number of aromatic nitrogens is 1. The summed E-state index contributed by atoms with van der Waals surface area (Å²) >= 11 is 6.14. The SMILES string of the molecule is O=S(=O)(c1ccc(N2CCNCC2)cc1)c1c[nH]c2c(Cl)cccc12. The normalized spacial score (nSPS) is 15.6. The number of halogens is 1. The Hall–Kier alpha value is -2.02. The van der Waals surface area contributed by atoms with E-state index in [1.165, 1.54) is 6.20 Å². The van der Waals surface area contributed by atoms with Crippen LogP contribution in [-0.2, 0) is 9.84 Å². The number of piperazine rings is 1. The first kappa shape index (κ1) is 16.4. The number of hydrogen-bond acceptors (Lipinski definition) is 4. The Bertz CT molecular complexity index is 1010. The molecule has 0 aliphatic carbocycles. The Balaban J connectivity index is 1.71. The molecule has 0 amide bonds. The molecule has 7 heteroatoms. The van der Waals surface area contributed by atoms with Crippen LogP contribution in [0.15, 0.2) is 58.5 Å². The Labute approximate surface area is 151 Å². The van der Waals surface area contributed by atoms with Gasteiger partial charge in [0.15, 0.2) is 0 Å². The van der Waals surface area contributed by atoms with Crippen LogP contribution in [-0.4, -0.2) is 39.6 Å². The smallest absolute Gasteiger partial charge is 0.208 e. The van der Waals surface area contributed by atoms with Crippen LogP contribution in [0.5, 0.6) is 0 Å². The number of para-hydroxylation sites is 1. The van der Waals surface area contributed by atoms with E-state index in [0.29, 0.717) is 15.9 Å². The van der Waals surface area contributed by atoms with E-state index < -0.39 is 9.84 Å². The van der Waals surface area contributed by atoms with Gasteiger partial charge in [-0.25, -0.2) is 8.42 Å². The zero-order valence-corrected chi connectivity index (χ0v) is 15.1. The Kier molecular flexibility index (Phi) is 4.19. The van der Waals surface area contributed by atoms with Gasteiger partial charge in [0.25, 0.3) is 0 Å². The lowest BCUT2D eigenvalue weighted by atomic mass is 10.2. The standard InChI is InChI=1S/C18H18ClN3O2S/c19-16-3-1-2-15-17(12-21-18(15)16)25(23,24)14-6-4-13(5-7-14)22-10-8-20-9-11-22/h1-7,12,20-21H,8-11H2. The van der Waals surface area contributed by atoms with Crippen LogP contribution in [0.1, 0.15) is 0 Å². The predicted octanol–water partition coefficient (Wildman–Crippen LogP) is 3.06. The number of benzene rings is 2. The van der Waals surface area contributed by atoms with Gasteiger partial charge in [-0.15, -0.1) is 0 Å². The van der Waals surface area contributed by atoms with E-state index in [4.69, 9.17) is 11.6 Å². The number of nitrogens with one attached hydrogen (secondary N) is 2. The summed E-state index contributed by atoms with van der Waals surface area (Å²) in [6, 6.07) is 12.4. The van der Waals surface area contributed by atoms with Crippen molar-refractivity contribution >= 4 is 38.0 Å². The molecular formula is C18H18ClN3O2S. The quantitative estimate of drug-likeness (QED) is 0.738. The Morgan fingerprint density at radius 3 is 2.44 bits per heavy atom. The highest BCUT2D eigenvalue weighted by Gasteiger charge is 2.22. The van der Waals surface area contributed by atoms with E-state index in [1.54, 1.807) is 30.3 Å². The number of fused-ring (bicyclic) bond motifs is 1. The van der Waals surface area contributed by atoms with Crippen molar-refractivity contribution in [3.8, 4) is 0 Å². The molecule has 0 spiro atoms. The van der Waals surface area contributed by atoms with Gasteiger partial charge in [0, 0.05) is 43.4 Å². The maximum atomic E-state index is 13.0. The van der Waals surface area contributed by atoms with Crippen LogP contribution < -0.4 is 10.2 Å². The predicted molar refractivity (Wildman–Crippen MR) is 100 cm³/mol. The monoisotopic (exact) mass is 375 g/mol. The van der Waals surface area contributed by atoms with Crippen LogP contribution in [0.25, 0.3) is 10.9 Å². The molecule has 3 aromatic rings. The topological polar surface area (TPSA) is 65.2 Å². The number of sulfone groups is 1. The van der Waals surface area contributed by atoms with E-state index in [0.717, 1.165) is 31.9 Å². The van der Waals surface area contributed by atoms with E-state index in [1.807, 2.05) is 12.1 Å². The van der Waals surface area contributed by atoms with Crippen molar-refractivity contribution in [2.45, 2.75) is 9.79 Å². The van der Waals surface area contributed by atoms with E-state index >= 15 is 0 Å². The molecule has 25 heavy (non-hydrogen) atoms. The molecule has 5 nitrogen and oxygen atoms in total. The number of H-pyrrole nitrogens is 1. The van der Waals surface area contributed by atoms with Gasteiger partial charge in [-0.05, 0) is 30.3 Å². The van der Waals surface area contributed by atoms with Crippen LogP contribution in [0, 0.1) is 0 Å². The molecule has 1 aliphatic heterocycles. The van der Waals surface area contributed by atoms with Gasteiger partial charge in [0.2, 0.25) is 9.84 Å². The van der Waals surface area contributed by atoms with Gasteiger partial charge >= 0.3 is 0 Å². The molecule has 2 aromatic carbocycles. The lowest BCUT2D eigenvalue weighted by Crippen LogP contribution is -2.43. The molecule has 0 unspecified atom stereocenters. The summed E-state index contributed by atoms with van der Waals surface area (Å²) in [4.78, 5) is 5.75. The summed E-state index contributed by atoms with van der Waals surface area (Å²) in [5.41, 5.74) is 1.68. The fourth-order valence-electron chi connectivity index (χ4n) is 3.20. The van der Waals surface area contributed by atoms with E-state index in [2.05, 4.69) is 15.2 Å². The van der Waals surface area contributed by atoms with Crippen molar-refractivity contribution in [2.24, 2.45) is 0 Å². The minimum atomic E-state index is -3.61. The number of aromatic amines is 1. The summed E-state index contributed by atoms with van der Waals surface area (Å²) in [5, 5.41) is 4.43. The number of anilines is 1. The fourth-order valence-corrected chi connectivity index (χ4v) is 4.85. The Morgan fingerprint density at radius 2 is 1.72 bits per heavy atom. The van der Waals surface area contributed by atoms with Crippen LogP contribution in [0.2, 0.25) is 5.02 Å². The molecule has 1 saturated heterocycles. The zero-order valence-electron chi connectivity index (χ0n) is 13.5. The van der Waals surface area contributed by atoms with Crippen molar-refractivity contribution in [3.63, 3.8) is 0 Å². The first-order chi connectivity index (χ1) is 12.1. The average Bonchev–Trinajstić information content (AvgIpc) is 3.09. The highest BCUT2D eigenvalue weighted by atomic mass is 35.5. The van der Waals surface area contributed by atoms with Gasteiger partial charge in [-0.3, -0.25) is 0 Å². The lowest BCUT2D eigenvalue weighted by molar-refractivity contribution is 0.588. The maximum Gasteiger partial charge on any atom is 0.208 e. The number of hydrogen-bond donors (Lipinski definition) is 2. The van der Waals surface area contributed by atoms with Gasteiger partial charge < -0.3 is 15.2 Å². The molecule has 0 bridgehead atoms. The first-order valence-corrected chi connectivity index (χ1v) is 10.00. The molecule has 1 fully saturated rings. The van der Waals surface area contributed by atoms with Crippen molar-refractivity contribution in [1.82, 2.24) is 10.3 Å². The van der Waals surface area contributed by atoms with Gasteiger partial charge in [-0.1, -0.05) is 23.7 Å². The average molecular weight is 376 g/mol. The largest absolute Gasteiger partial charge is 0.369 e. The summed E-state index contributed by atoms with van der Waals surface area (Å²) in [5.74, 6) is 0. The second kappa shape index (κ2) is 6.37. The Morgan fingerprint density at radius 1 is 1.00 bits per heavy atom. The summed E-state index contributed by atoms with van der Waals surface area (Å²) in [6.07, 6.45) is 1.51. The molecule has 2 N–H and O–H groups in total. The molecule has 4 rings (SSSR count). The molecule has 2 heterocycles. The van der Waals surface area contributed by atoms with Crippen molar-refractivity contribution in [2.75, 3.05) is 31.1 Å². The molecule has 1 aliphatic rings. The lowest BCUT2D eigenvalue weighted by Gasteiger charge is -2.29. The number of nitrogens with zero attached hydrogens (tertiary/aromatic N) is 1. The first-order valence-electron chi connectivity index (χ1n) is 8.14. The summed E-state index contributed by atoms with van der Waals surface area (Å²) in [6.45, 7) is 3.73. The molecule has 130 valence electrons. The minimum Gasteiger partial charge on any atom is -0.369 e. The highest BCUT2D eigenvalue weighted by molar-refractivity contribution is 7.91. The van der Waals surface area contributed by atoms with Gasteiger partial charge in [0.05, 0.1) is 20.3 Å². The number of rotatable bonds is 3. The van der Waals surface area contributed by atoms with E-state index in [-0.39, 0.29) is 9.79 Å². The van der Waals surface area contributed by atoms with Gasteiger partial charge in [0.1, 0.15) is 0 Å². The third kappa shape index (κ3) is 2.90. The highest BCUT2D eigenvalue weighted by Crippen LogP contribution is 2.32. The van der Waals surface area contributed by atoms with Crippen LogP contribution in [0.4, 0.5) is 5.69 Å². The zero-order chi connectivity index (χ0) is 17.4. The summed E-state index contributed by atoms with van der Waals surface area (Å²) < 4.78 is 26.0. The third-order valence-electron chi connectivity index (χ3n) is 4.55. The molecule has 0 radical (unpaired) electrons. The second-order valence-corrected chi connectivity index (χ2v) is 8.38. The molecule has 0 saturated carbocycles. The van der Waals surface area contributed by atoms with Crippen molar-refractivity contribution in [3.05, 3.63) is 53.7 Å². The van der Waals surface area contributed by atoms with Crippen molar-refractivity contribution < 1.29 is 8.42 Å². The van der Waals surface area contributed by atoms with Gasteiger partial charge in [-0.2, -0.15) is 0 Å². The van der Waals surface area contributed by atoms with E-state index in [9.17, 15) is 8.42 Å². The van der Waals surface area contributed by atoms with Crippen molar-refractivity contribution in [1.29, 1.82) is 0 Å². The van der Waals surface area contributed by atoms with Crippen LogP contribution in [0.3, 0.4) is 0 Å². The van der Waals surface area contributed by atoms with Crippen LogP contribution >= 0.6 is 11.6 Å². The third-order valence-corrected chi connectivity index (χ3v) is 6.67. The summed E-state index contributed by atoms with van der Waals surface area (Å²) in [7, 11) is -3.61.